The molecule has 0 aromatic rings. The van der Waals surface area contributed by atoms with Crippen LogP contribution in [0.1, 0.15) is 66.2 Å². The normalized spacial score (nSPS) is 27.1. The summed E-state index contributed by atoms with van der Waals surface area (Å²) in [6, 6.07) is 0. The summed E-state index contributed by atoms with van der Waals surface area (Å²) in [7, 11) is 0. The predicted octanol–water partition coefficient (Wildman–Crippen LogP) is 3.86. The quantitative estimate of drug-likeness (QED) is 0.593. The molecule has 0 aromatic heterocycles. The van der Waals surface area contributed by atoms with Crippen LogP contribution in [0.2, 0.25) is 0 Å². The topological polar surface area (TPSA) is 83.8 Å². The number of hydrogen-bond acceptors (Lipinski definition) is 4. The minimum absolute atomic E-state index is 0.183. The van der Waals surface area contributed by atoms with Gasteiger partial charge in [0.1, 0.15) is 6.10 Å². The lowest BCUT2D eigenvalue weighted by molar-refractivity contribution is -0.152. The molecule has 0 unspecified atom stereocenters. The maximum Gasteiger partial charge on any atom is 0.331 e. The number of hydrogen-bond donors (Lipinski definition) is 2. The molecule has 0 radical (unpaired) electrons. The second kappa shape index (κ2) is 9.18. The lowest BCUT2D eigenvalue weighted by Gasteiger charge is -2.32. The number of carboxylic acid groups (broad SMARTS) is 1. The van der Waals surface area contributed by atoms with Gasteiger partial charge >= 0.3 is 11.9 Å². The molecule has 0 aromatic carbocycles. The van der Waals surface area contributed by atoms with E-state index in [2.05, 4.69) is 6.58 Å². The summed E-state index contributed by atoms with van der Waals surface area (Å²) >= 11 is 0. The Bertz CT molecular complexity index is 530. The van der Waals surface area contributed by atoms with Gasteiger partial charge in [-0.15, -0.1) is 0 Å². The fourth-order valence-electron chi connectivity index (χ4n) is 3.19. The van der Waals surface area contributed by atoms with Gasteiger partial charge in [0.15, 0.2) is 0 Å². The molecule has 5 heteroatoms. The van der Waals surface area contributed by atoms with Gasteiger partial charge in [-0.3, -0.25) is 4.79 Å². The summed E-state index contributed by atoms with van der Waals surface area (Å²) in [5.74, 6) is -1.11. The highest BCUT2D eigenvalue weighted by Gasteiger charge is 2.31. The van der Waals surface area contributed by atoms with E-state index in [4.69, 9.17) is 4.74 Å². The summed E-state index contributed by atoms with van der Waals surface area (Å²) in [6.07, 6.45) is 3.05. The van der Waals surface area contributed by atoms with Crippen LogP contribution in [0.4, 0.5) is 0 Å². The summed E-state index contributed by atoms with van der Waals surface area (Å²) < 4.78 is 5.61. The monoisotopic (exact) mass is 352 g/mol. The molecule has 5 nitrogen and oxygen atoms in total. The largest absolute Gasteiger partial charge is 0.478 e. The number of aliphatic hydroxyl groups is 1. The highest BCUT2D eigenvalue weighted by Crippen LogP contribution is 2.34. The van der Waals surface area contributed by atoms with Gasteiger partial charge in [0.2, 0.25) is 0 Å². The van der Waals surface area contributed by atoms with Crippen LogP contribution in [0.5, 0.6) is 0 Å². The smallest absolute Gasteiger partial charge is 0.331 e. The van der Waals surface area contributed by atoms with Gasteiger partial charge in [-0.1, -0.05) is 40.3 Å². The van der Waals surface area contributed by atoms with E-state index >= 15 is 0 Å². The number of carbonyl (C=O) groups is 2. The molecule has 0 amide bonds. The molecule has 1 aliphatic carbocycles. The van der Waals surface area contributed by atoms with Crippen LogP contribution in [0, 0.1) is 11.3 Å². The third kappa shape index (κ3) is 7.86. The Morgan fingerprint density at radius 3 is 2.56 bits per heavy atom. The van der Waals surface area contributed by atoms with Crippen molar-refractivity contribution in [2.75, 3.05) is 0 Å². The summed E-state index contributed by atoms with van der Waals surface area (Å²) in [4.78, 5) is 23.6. The fraction of sp³-hybridized carbons (Fsp3) is 0.700. The number of aliphatic carboxylic acids is 1. The number of ether oxygens (including phenoxy) is 1. The molecule has 25 heavy (non-hydrogen) atoms. The first kappa shape index (κ1) is 21.4. The van der Waals surface area contributed by atoms with Gasteiger partial charge in [0.05, 0.1) is 6.10 Å². The summed E-state index contributed by atoms with van der Waals surface area (Å²) in [6.45, 7) is 11.8. The number of aliphatic hydroxyl groups excluding tert-OH is 1. The molecular weight excluding hydrogens is 320 g/mol. The lowest BCUT2D eigenvalue weighted by Crippen LogP contribution is -2.30. The van der Waals surface area contributed by atoms with Crippen LogP contribution in [-0.4, -0.2) is 34.4 Å². The van der Waals surface area contributed by atoms with Crippen LogP contribution in [0.25, 0.3) is 0 Å². The van der Waals surface area contributed by atoms with Crippen LogP contribution >= 0.6 is 0 Å². The van der Waals surface area contributed by atoms with Crippen molar-refractivity contribution in [2.45, 2.75) is 78.4 Å². The van der Waals surface area contributed by atoms with Crippen LogP contribution in [-0.2, 0) is 14.3 Å². The second-order valence-corrected chi connectivity index (χ2v) is 8.23. The molecular formula is C20H32O5. The minimum Gasteiger partial charge on any atom is -0.478 e. The molecule has 1 aliphatic rings. The Morgan fingerprint density at radius 1 is 1.36 bits per heavy atom. The number of allylic oxidation sites excluding steroid dienone is 1. The predicted molar refractivity (Wildman–Crippen MR) is 97.1 cm³/mol. The fourth-order valence-corrected chi connectivity index (χ4v) is 3.19. The number of esters is 1. The molecule has 2 N–H and O–H groups in total. The van der Waals surface area contributed by atoms with Gasteiger partial charge in [0.25, 0.3) is 0 Å². The van der Waals surface area contributed by atoms with Gasteiger partial charge in [-0.2, -0.15) is 0 Å². The van der Waals surface area contributed by atoms with E-state index in [1.54, 1.807) is 6.08 Å². The standard InChI is InChI=1S/C20H32O5/c1-13(2)9-18(22)25-16-10-15(19(23)24)8-6-7-14(3)17(21)12-20(4,5)11-16/h8,13,16-17,21H,3,6-7,9-12H2,1-2,4-5H3,(H,23,24)/b15-8+/t16-,17+/m1/s1. The molecule has 0 saturated heterocycles. The van der Waals surface area contributed by atoms with Crippen molar-refractivity contribution >= 4 is 11.9 Å². The number of rotatable bonds is 4. The molecule has 0 fully saturated rings. The molecule has 0 heterocycles. The zero-order valence-electron chi connectivity index (χ0n) is 15.9. The molecule has 0 spiro atoms. The van der Waals surface area contributed by atoms with Gasteiger partial charge in [-0.05, 0) is 42.6 Å². The maximum absolute atomic E-state index is 12.1. The van der Waals surface area contributed by atoms with E-state index < -0.39 is 18.2 Å². The Hall–Kier alpha value is -1.62. The Labute approximate surface area is 150 Å². The van der Waals surface area contributed by atoms with Crippen molar-refractivity contribution in [1.29, 1.82) is 0 Å². The van der Waals surface area contributed by atoms with Crippen molar-refractivity contribution in [3.8, 4) is 0 Å². The van der Waals surface area contributed by atoms with E-state index in [9.17, 15) is 19.8 Å². The summed E-state index contributed by atoms with van der Waals surface area (Å²) in [5.41, 5.74) is 0.658. The highest BCUT2D eigenvalue weighted by molar-refractivity contribution is 5.86. The average molecular weight is 352 g/mol. The van der Waals surface area contributed by atoms with E-state index in [1.807, 2.05) is 27.7 Å². The van der Waals surface area contributed by atoms with E-state index in [1.165, 1.54) is 0 Å². The highest BCUT2D eigenvalue weighted by atomic mass is 16.5. The number of carbonyl (C=O) groups excluding carboxylic acids is 1. The first-order valence-electron chi connectivity index (χ1n) is 8.97. The van der Waals surface area contributed by atoms with Crippen molar-refractivity contribution in [2.24, 2.45) is 11.3 Å². The van der Waals surface area contributed by atoms with Gasteiger partial charge in [-0.25, -0.2) is 4.79 Å². The lowest BCUT2D eigenvalue weighted by atomic mass is 9.79. The zero-order chi connectivity index (χ0) is 19.2. The molecule has 1 rings (SSSR count). The Kier molecular flexibility index (Phi) is 7.87. The van der Waals surface area contributed by atoms with Crippen LogP contribution in [0.15, 0.2) is 23.8 Å². The minimum atomic E-state index is -0.992. The van der Waals surface area contributed by atoms with Gasteiger partial charge in [0, 0.05) is 18.4 Å². The van der Waals surface area contributed by atoms with E-state index in [0.717, 1.165) is 0 Å². The molecule has 2 atom stereocenters. The SMILES string of the molecule is C=C1CC/C=C(/C(=O)O)C[C@@H](OC(=O)CC(C)C)CC(C)(C)C[C@@H]1O. The Morgan fingerprint density at radius 2 is 2.00 bits per heavy atom. The molecule has 0 bridgehead atoms. The molecule has 0 saturated carbocycles. The van der Waals surface area contributed by atoms with E-state index in [0.29, 0.717) is 37.7 Å². The third-order valence-corrected chi connectivity index (χ3v) is 4.45. The molecule has 0 aliphatic heterocycles. The van der Waals surface area contributed by atoms with E-state index in [-0.39, 0.29) is 29.3 Å². The summed E-state index contributed by atoms with van der Waals surface area (Å²) in [5, 5.41) is 19.8. The van der Waals surface area contributed by atoms with Crippen molar-refractivity contribution in [3.05, 3.63) is 23.8 Å². The van der Waals surface area contributed by atoms with Crippen molar-refractivity contribution in [1.82, 2.24) is 0 Å². The van der Waals surface area contributed by atoms with Crippen molar-refractivity contribution in [3.63, 3.8) is 0 Å². The van der Waals surface area contributed by atoms with Crippen molar-refractivity contribution < 1.29 is 24.5 Å². The zero-order valence-corrected chi connectivity index (χ0v) is 15.9. The first-order valence-corrected chi connectivity index (χ1v) is 8.97. The van der Waals surface area contributed by atoms with Gasteiger partial charge < -0.3 is 14.9 Å². The second-order valence-electron chi connectivity index (χ2n) is 8.23. The third-order valence-electron chi connectivity index (χ3n) is 4.45. The Balaban J connectivity index is 3.04. The number of carboxylic acids is 1. The maximum atomic E-state index is 12.1. The molecule has 142 valence electrons. The first-order chi connectivity index (χ1) is 11.5. The average Bonchev–Trinajstić information content (AvgIpc) is 2.44. The van der Waals surface area contributed by atoms with Crippen LogP contribution < -0.4 is 0 Å². The van der Waals surface area contributed by atoms with Crippen LogP contribution in [0.3, 0.4) is 0 Å².